The molecule has 2 rings (SSSR count). The molecule has 1 atom stereocenters. The topological polar surface area (TPSA) is 45.2 Å². The first-order valence-electron chi connectivity index (χ1n) is 7.53. The molecule has 0 aromatic heterocycles. The maximum absolute atomic E-state index is 9.91. The molecule has 0 unspecified atom stereocenters. The summed E-state index contributed by atoms with van der Waals surface area (Å²) in [5.41, 5.74) is 1.21. The van der Waals surface area contributed by atoms with E-state index in [0.29, 0.717) is 13.2 Å². The Hall–Kier alpha value is -1.74. The second-order valence-corrected chi connectivity index (χ2v) is 5.36. The van der Waals surface area contributed by atoms with Gasteiger partial charge in [0.05, 0.1) is 19.8 Å². The molecule has 1 aliphatic rings. The van der Waals surface area contributed by atoms with Crippen molar-refractivity contribution in [1.29, 1.82) is 0 Å². The molecule has 1 N–H and O–H groups in total. The van der Waals surface area contributed by atoms with Crippen LogP contribution < -0.4 is 9.64 Å². The van der Waals surface area contributed by atoms with Gasteiger partial charge in [-0.3, -0.25) is 4.90 Å². The molecular weight excluding hydrogens is 280 g/mol. The lowest BCUT2D eigenvalue weighted by atomic mass is 10.2. The SMILES string of the molecule is C#CCOC[C@@H](O)CN1CCN(c2ccc(OC)cc2)CC1. The molecular formula is C17H24N2O3. The van der Waals surface area contributed by atoms with Crippen molar-refractivity contribution in [2.24, 2.45) is 0 Å². The van der Waals surface area contributed by atoms with Gasteiger partial charge in [-0.05, 0) is 24.3 Å². The molecule has 22 heavy (non-hydrogen) atoms. The number of β-amino-alcohol motifs (C(OH)–C–C–N with tert-alkyl or cyclic N) is 1. The van der Waals surface area contributed by atoms with Crippen molar-refractivity contribution in [3.8, 4) is 18.1 Å². The van der Waals surface area contributed by atoms with Gasteiger partial charge in [0, 0.05) is 38.4 Å². The summed E-state index contributed by atoms with van der Waals surface area (Å²) in [4.78, 5) is 4.60. The molecule has 1 heterocycles. The second-order valence-electron chi connectivity index (χ2n) is 5.36. The average molecular weight is 304 g/mol. The van der Waals surface area contributed by atoms with Crippen molar-refractivity contribution in [3.05, 3.63) is 24.3 Å². The lowest BCUT2D eigenvalue weighted by molar-refractivity contribution is 0.0267. The van der Waals surface area contributed by atoms with Gasteiger partial charge in [0.25, 0.3) is 0 Å². The first kappa shape index (κ1) is 16.6. The van der Waals surface area contributed by atoms with Crippen molar-refractivity contribution in [3.63, 3.8) is 0 Å². The maximum Gasteiger partial charge on any atom is 0.119 e. The van der Waals surface area contributed by atoms with E-state index >= 15 is 0 Å². The third kappa shape index (κ3) is 4.92. The van der Waals surface area contributed by atoms with Crippen LogP contribution in [0.3, 0.4) is 0 Å². The molecule has 0 radical (unpaired) electrons. The van der Waals surface area contributed by atoms with E-state index in [2.05, 4.69) is 27.9 Å². The highest BCUT2D eigenvalue weighted by Gasteiger charge is 2.19. The van der Waals surface area contributed by atoms with Crippen molar-refractivity contribution >= 4 is 5.69 Å². The average Bonchev–Trinajstić information content (AvgIpc) is 2.56. The maximum atomic E-state index is 9.91. The van der Waals surface area contributed by atoms with Crippen LogP contribution in [0.25, 0.3) is 0 Å². The Morgan fingerprint density at radius 1 is 1.23 bits per heavy atom. The van der Waals surface area contributed by atoms with Crippen molar-refractivity contribution in [1.82, 2.24) is 4.90 Å². The number of anilines is 1. The van der Waals surface area contributed by atoms with E-state index in [0.717, 1.165) is 31.9 Å². The number of piperazine rings is 1. The zero-order valence-corrected chi connectivity index (χ0v) is 13.1. The molecule has 0 aliphatic carbocycles. The summed E-state index contributed by atoms with van der Waals surface area (Å²) in [5, 5.41) is 9.91. The zero-order valence-electron chi connectivity index (χ0n) is 13.1. The van der Waals surface area contributed by atoms with Gasteiger partial charge in [-0.2, -0.15) is 0 Å². The zero-order chi connectivity index (χ0) is 15.8. The Kier molecular flexibility index (Phi) is 6.53. The van der Waals surface area contributed by atoms with Crippen LogP contribution in [0.2, 0.25) is 0 Å². The second kappa shape index (κ2) is 8.64. The molecule has 0 bridgehead atoms. The lowest BCUT2D eigenvalue weighted by Gasteiger charge is -2.36. The van der Waals surface area contributed by atoms with Gasteiger partial charge in [-0.15, -0.1) is 6.42 Å². The molecule has 1 aromatic rings. The Morgan fingerprint density at radius 3 is 2.50 bits per heavy atom. The first-order chi connectivity index (χ1) is 10.7. The summed E-state index contributed by atoms with van der Waals surface area (Å²) in [5.74, 6) is 3.27. The number of terminal acetylenes is 1. The highest BCUT2D eigenvalue weighted by molar-refractivity contribution is 5.49. The van der Waals surface area contributed by atoms with Gasteiger partial charge < -0.3 is 19.5 Å². The number of ether oxygens (including phenoxy) is 2. The van der Waals surface area contributed by atoms with Gasteiger partial charge >= 0.3 is 0 Å². The van der Waals surface area contributed by atoms with Crippen LogP contribution in [0.15, 0.2) is 24.3 Å². The molecule has 1 aromatic carbocycles. The van der Waals surface area contributed by atoms with Gasteiger partial charge in [-0.1, -0.05) is 5.92 Å². The molecule has 1 fully saturated rings. The Bertz CT molecular complexity index is 476. The summed E-state index contributed by atoms with van der Waals surface area (Å²) in [6.07, 6.45) is 4.62. The Labute approximate surface area is 132 Å². The number of rotatable bonds is 7. The third-order valence-corrected chi connectivity index (χ3v) is 3.77. The standard InChI is InChI=1S/C17H24N2O3/c1-3-12-22-14-16(20)13-18-8-10-19(11-9-18)15-4-6-17(21-2)7-5-15/h1,4-7,16,20H,8-14H2,2H3/t16-/m0/s1. The lowest BCUT2D eigenvalue weighted by Crippen LogP contribution is -2.49. The minimum Gasteiger partial charge on any atom is -0.497 e. The number of methoxy groups -OCH3 is 1. The Balaban J connectivity index is 1.74. The van der Waals surface area contributed by atoms with Crippen LogP contribution in [0.4, 0.5) is 5.69 Å². The van der Waals surface area contributed by atoms with Crippen LogP contribution in [0, 0.1) is 12.3 Å². The van der Waals surface area contributed by atoms with E-state index in [-0.39, 0.29) is 6.61 Å². The highest BCUT2D eigenvalue weighted by atomic mass is 16.5. The van der Waals surface area contributed by atoms with E-state index in [1.807, 2.05) is 12.1 Å². The fraction of sp³-hybridized carbons (Fsp3) is 0.529. The normalized spacial score (nSPS) is 17.0. The molecule has 1 aliphatic heterocycles. The third-order valence-electron chi connectivity index (χ3n) is 3.77. The van der Waals surface area contributed by atoms with Crippen LogP contribution >= 0.6 is 0 Å². The molecule has 0 amide bonds. The summed E-state index contributed by atoms with van der Waals surface area (Å²) in [7, 11) is 1.67. The first-order valence-corrected chi connectivity index (χ1v) is 7.53. The fourth-order valence-corrected chi connectivity index (χ4v) is 2.59. The number of hydrogen-bond acceptors (Lipinski definition) is 5. The Morgan fingerprint density at radius 2 is 1.91 bits per heavy atom. The van der Waals surface area contributed by atoms with Gasteiger partial charge in [-0.25, -0.2) is 0 Å². The molecule has 5 nitrogen and oxygen atoms in total. The summed E-state index contributed by atoms with van der Waals surface area (Å²) in [6, 6.07) is 8.12. The van der Waals surface area contributed by atoms with E-state index in [4.69, 9.17) is 15.9 Å². The van der Waals surface area contributed by atoms with Crippen LogP contribution in [-0.4, -0.2) is 69.2 Å². The highest BCUT2D eigenvalue weighted by Crippen LogP contribution is 2.20. The van der Waals surface area contributed by atoms with Crippen molar-refractivity contribution in [2.45, 2.75) is 6.10 Å². The number of hydrogen-bond donors (Lipinski definition) is 1. The smallest absolute Gasteiger partial charge is 0.119 e. The van der Waals surface area contributed by atoms with Crippen molar-refractivity contribution in [2.75, 3.05) is 57.9 Å². The van der Waals surface area contributed by atoms with Gasteiger partial charge in [0.1, 0.15) is 12.4 Å². The minimum atomic E-state index is -0.485. The van der Waals surface area contributed by atoms with Gasteiger partial charge in [0.2, 0.25) is 0 Å². The predicted molar refractivity (Wildman–Crippen MR) is 87.3 cm³/mol. The molecule has 120 valence electrons. The van der Waals surface area contributed by atoms with Crippen LogP contribution in [0.1, 0.15) is 0 Å². The van der Waals surface area contributed by atoms with Gasteiger partial charge in [0.15, 0.2) is 0 Å². The number of aliphatic hydroxyl groups is 1. The summed E-state index contributed by atoms with van der Waals surface area (Å²) >= 11 is 0. The number of benzene rings is 1. The van der Waals surface area contributed by atoms with E-state index in [1.54, 1.807) is 7.11 Å². The molecule has 5 heteroatoms. The van der Waals surface area contributed by atoms with E-state index in [9.17, 15) is 5.11 Å². The molecule has 0 spiro atoms. The predicted octanol–water partition coefficient (Wildman–Crippen LogP) is 0.828. The minimum absolute atomic E-state index is 0.252. The quantitative estimate of drug-likeness (QED) is 0.597. The van der Waals surface area contributed by atoms with E-state index < -0.39 is 6.10 Å². The fourth-order valence-electron chi connectivity index (χ4n) is 2.59. The molecule has 0 saturated carbocycles. The number of nitrogens with zero attached hydrogens (tertiary/aromatic N) is 2. The van der Waals surface area contributed by atoms with E-state index in [1.165, 1.54) is 5.69 Å². The summed E-state index contributed by atoms with van der Waals surface area (Å²) in [6.45, 7) is 4.93. The molecule has 1 saturated heterocycles. The van der Waals surface area contributed by atoms with Crippen LogP contribution in [0.5, 0.6) is 5.75 Å². The monoisotopic (exact) mass is 304 g/mol. The van der Waals surface area contributed by atoms with Crippen LogP contribution in [-0.2, 0) is 4.74 Å². The summed E-state index contributed by atoms with van der Waals surface area (Å²) < 4.78 is 10.3. The number of aliphatic hydroxyl groups excluding tert-OH is 1. The van der Waals surface area contributed by atoms with Crippen molar-refractivity contribution < 1.29 is 14.6 Å². The largest absolute Gasteiger partial charge is 0.497 e.